The van der Waals surface area contributed by atoms with E-state index in [1.165, 1.54) is 7.05 Å². The Hall–Kier alpha value is -2.59. The number of amides is 2. The van der Waals surface area contributed by atoms with Crippen LogP contribution in [0.15, 0.2) is 23.2 Å². The summed E-state index contributed by atoms with van der Waals surface area (Å²) in [7, 11) is -3.08. The first kappa shape index (κ1) is 22.7. The number of aryl methyl sites for hydroxylation is 1. The van der Waals surface area contributed by atoms with E-state index in [2.05, 4.69) is 10.4 Å². The van der Waals surface area contributed by atoms with E-state index < -0.39 is 27.0 Å². The highest BCUT2D eigenvalue weighted by molar-refractivity contribution is 7.90. The quantitative estimate of drug-likeness (QED) is 0.627. The molecule has 11 heteroatoms. The molecular formula is C18H23ClN4O5S. The standard InChI is InChI=1S/C18H23ClN4O5S/c1-9(2)12-6-11(19)7-13(10(3)4)16(12)20-18(26)22-29(27,28)15-8-14(17(24)25)23(5)21-15/h6-10H,1-5H3,(H,24,25)(H2,20,22,26). The number of carbonyl (C=O) groups excluding carboxylic acids is 1. The van der Waals surface area contributed by atoms with Gasteiger partial charge in [-0.25, -0.2) is 14.3 Å². The second-order valence-electron chi connectivity index (χ2n) is 7.12. The minimum absolute atomic E-state index is 0.0204. The van der Waals surface area contributed by atoms with Crippen molar-refractivity contribution in [2.75, 3.05) is 5.32 Å². The smallest absolute Gasteiger partial charge is 0.354 e. The largest absolute Gasteiger partial charge is 0.477 e. The Balaban J connectivity index is 2.36. The number of hydrogen-bond acceptors (Lipinski definition) is 5. The molecule has 158 valence electrons. The summed E-state index contributed by atoms with van der Waals surface area (Å²) in [4.78, 5) is 23.6. The molecule has 0 atom stereocenters. The predicted octanol–water partition coefficient (Wildman–Crippen LogP) is 3.53. The molecule has 0 saturated heterocycles. The molecule has 2 amide bonds. The molecule has 9 nitrogen and oxygen atoms in total. The number of anilines is 1. The van der Waals surface area contributed by atoms with Crippen LogP contribution in [0.25, 0.3) is 0 Å². The lowest BCUT2D eigenvalue weighted by molar-refractivity contribution is 0.0685. The van der Waals surface area contributed by atoms with Gasteiger partial charge < -0.3 is 10.4 Å². The van der Waals surface area contributed by atoms with Crippen LogP contribution in [0.4, 0.5) is 10.5 Å². The van der Waals surface area contributed by atoms with Crippen LogP contribution < -0.4 is 10.0 Å². The summed E-state index contributed by atoms with van der Waals surface area (Å²) >= 11 is 6.19. The van der Waals surface area contributed by atoms with Crippen LogP contribution in [0, 0.1) is 0 Å². The summed E-state index contributed by atoms with van der Waals surface area (Å²) in [6.07, 6.45) is 0. The highest BCUT2D eigenvalue weighted by Gasteiger charge is 2.25. The van der Waals surface area contributed by atoms with E-state index in [4.69, 9.17) is 16.7 Å². The minimum atomic E-state index is -4.37. The van der Waals surface area contributed by atoms with Gasteiger partial charge in [-0.3, -0.25) is 4.68 Å². The van der Waals surface area contributed by atoms with E-state index >= 15 is 0 Å². The van der Waals surface area contributed by atoms with E-state index in [1.54, 1.807) is 12.1 Å². The monoisotopic (exact) mass is 442 g/mol. The number of aromatic carboxylic acids is 1. The van der Waals surface area contributed by atoms with E-state index in [1.807, 2.05) is 32.4 Å². The minimum Gasteiger partial charge on any atom is -0.477 e. The SMILES string of the molecule is CC(C)c1cc(Cl)cc(C(C)C)c1NC(=O)NS(=O)(=O)c1cc(C(=O)O)n(C)n1. The molecule has 2 aromatic rings. The third kappa shape index (κ3) is 5.07. The third-order valence-corrected chi connectivity index (χ3v) is 5.65. The first-order valence-electron chi connectivity index (χ1n) is 8.78. The second kappa shape index (κ2) is 8.42. The van der Waals surface area contributed by atoms with Crippen molar-refractivity contribution < 1.29 is 23.1 Å². The average Bonchev–Trinajstić information content (AvgIpc) is 2.98. The number of benzene rings is 1. The number of nitrogens with one attached hydrogen (secondary N) is 2. The number of carboxylic acids is 1. The highest BCUT2D eigenvalue weighted by Crippen LogP contribution is 2.35. The average molecular weight is 443 g/mol. The Labute approximate surface area is 174 Å². The van der Waals surface area contributed by atoms with Gasteiger partial charge in [0.15, 0.2) is 5.03 Å². The lowest BCUT2D eigenvalue weighted by atomic mass is 9.92. The molecule has 0 spiro atoms. The molecule has 0 bridgehead atoms. The van der Waals surface area contributed by atoms with Crippen LogP contribution in [0.5, 0.6) is 0 Å². The van der Waals surface area contributed by atoms with Gasteiger partial charge >= 0.3 is 12.0 Å². The highest BCUT2D eigenvalue weighted by atomic mass is 35.5. The molecule has 0 unspecified atom stereocenters. The summed E-state index contributed by atoms with van der Waals surface area (Å²) in [6.45, 7) is 7.71. The number of sulfonamides is 1. The summed E-state index contributed by atoms with van der Waals surface area (Å²) in [5, 5.41) is 15.2. The van der Waals surface area contributed by atoms with Crippen molar-refractivity contribution in [3.63, 3.8) is 0 Å². The lowest BCUT2D eigenvalue weighted by Gasteiger charge is -2.21. The molecule has 2 rings (SSSR count). The van der Waals surface area contributed by atoms with Crippen LogP contribution in [0.3, 0.4) is 0 Å². The van der Waals surface area contributed by atoms with E-state index in [0.29, 0.717) is 10.7 Å². The maximum Gasteiger partial charge on any atom is 0.354 e. The Morgan fingerprint density at radius 3 is 2.03 bits per heavy atom. The lowest BCUT2D eigenvalue weighted by Crippen LogP contribution is -2.35. The van der Waals surface area contributed by atoms with Crippen LogP contribution in [-0.4, -0.2) is 35.3 Å². The molecule has 3 N–H and O–H groups in total. The topological polar surface area (TPSA) is 130 Å². The fourth-order valence-corrected chi connectivity index (χ4v) is 3.92. The molecule has 0 radical (unpaired) electrons. The molecule has 1 heterocycles. The zero-order valence-electron chi connectivity index (χ0n) is 16.6. The summed E-state index contributed by atoms with van der Waals surface area (Å²) in [5.41, 5.74) is 1.69. The number of urea groups is 1. The van der Waals surface area contributed by atoms with Crippen molar-refractivity contribution in [3.05, 3.63) is 40.0 Å². The van der Waals surface area contributed by atoms with Gasteiger partial charge in [-0.2, -0.15) is 13.5 Å². The summed E-state index contributed by atoms with van der Waals surface area (Å²) in [5.74, 6) is -1.30. The van der Waals surface area contributed by atoms with Crippen LogP contribution in [0.1, 0.15) is 61.1 Å². The maximum absolute atomic E-state index is 12.5. The van der Waals surface area contributed by atoms with Crippen molar-refractivity contribution in [1.82, 2.24) is 14.5 Å². The summed E-state index contributed by atoms with van der Waals surface area (Å²) in [6, 6.07) is 3.33. The van der Waals surface area contributed by atoms with Crippen LogP contribution in [-0.2, 0) is 17.1 Å². The molecule has 0 aliphatic carbocycles. The number of carboxylic acid groups (broad SMARTS) is 1. The van der Waals surface area contributed by atoms with Gasteiger partial charge in [0.2, 0.25) is 0 Å². The van der Waals surface area contributed by atoms with Crippen molar-refractivity contribution >= 4 is 39.3 Å². The van der Waals surface area contributed by atoms with Gasteiger partial charge in [0, 0.05) is 23.8 Å². The van der Waals surface area contributed by atoms with Gasteiger partial charge in [0.1, 0.15) is 5.69 Å². The number of carbonyl (C=O) groups is 2. The molecule has 0 aliphatic heterocycles. The molecule has 1 aromatic heterocycles. The van der Waals surface area contributed by atoms with Gasteiger partial charge in [-0.15, -0.1) is 0 Å². The van der Waals surface area contributed by atoms with Gasteiger partial charge in [0.25, 0.3) is 10.0 Å². The fraction of sp³-hybridized carbons (Fsp3) is 0.389. The first-order valence-corrected chi connectivity index (χ1v) is 10.6. The zero-order valence-corrected chi connectivity index (χ0v) is 18.2. The zero-order chi connectivity index (χ0) is 22.1. The Bertz CT molecular complexity index is 1030. The Morgan fingerprint density at radius 1 is 1.10 bits per heavy atom. The number of nitrogens with zero attached hydrogens (tertiary/aromatic N) is 2. The van der Waals surface area contributed by atoms with Gasteiger partial charge in [0.05, 0.1) is 0 Å². The van der Waals surface area contributed by atoms with E-state index in [-0.39, 0.29) is 17.5 Å². The first-order chi connectivity index (χ1) is 13.3. The van der Waals surface area contributed by atoms with E-state index in [0.717, 1.165) is 21.9 Å². The van der Waals surface area contributed by atoms with Crippen molar-refractivity contribution in [2.24, 2.45) is 7.05 Å². The van der Waals surface area contributed by atoms with E-state index in [9.17, 15) is 18.0 Å². The molecular weight excluding hydrogens is 420 g/mol. The molecule has 29 heavy (non-hydrogen) atoms. The van der Waals surface area contributed by atoms with Gasteiger partial charge in [-0.05, 0) is 35.1 Å². The molecule has 0 fully saturated rings. The van der Waals surface area contributed by atoms with Gasteiger partial charge in [-0.1, -0.05) is 39.3 Å². The predicted molar refractivity (Wildman–Crippen MR) is 109 cm³/mol. The maximum atomic E-state index is 12.5. The second-order valence-corrected chi connectivity index (χ2v) is 9.19. The van der Waals surface area contributed by atoms with Crippen LogP contribution in [0.2, 0.25) is 5.02 Å². The third-order valence-electron chi connectivity index (χ3n) is 4.23. The Morgan fingerprint density at radius 2 is 1.62 bits per heavy atom. The van der Waals surface area contributed by atoms with Crippen LogP contribution >= 0.6 is 11.6 Å². The Kier molecular flexibility index (Phi) is 6.59. The van der Waals surface area contributed by atoms with Crippen molar-refractivity contribution in [1.29, 1.82) is 0 Å². The van der Waals surface area contributed by atoms with Crippen molar-refractivity contribution in [3.8, 4) is 0 Å². The molecule has 0 saturated carbocycles. The van der Waals surface area contributed by atoms with Crippen molar-refractivity contribution in [2.45, 2.75) is 44.6 Å². The normalized spacial score (nSPS) is 11.7. The number of rotatable bonds is 6. The fourth-order valence-electron chi connectivity index (χ4n) is 2.79. The summed E-state index contributed by atoms with van der Waals surface area (Å²) < 4.78 is 27.7. The number of halogens is 1. The number of aromatic nitrogens is 2. The number of hydrogen-bond donors (Lipinski definition) is 3. The molecule has 1 aromatic carbocycles. The molecule has 0 aliphatic rings.